The van der Waals surface area contributed by atoms with Crippen molar-refractivity contribution in [2.24, 2.45) is 0 Å². The molecule has 4 aromatic rings. The number of piperazine rings is 1. The van der Waals surface area contributed by atoms with E-state index >= 15 is 4.39 Å². The number of anilines is 1. The summed E-state index contributed by atoms with van der Waals surface area (Å²) >= 11 is 6.61. The Bertz CT molecular complexity index is 1650. The third-order valence-corrected chi connectivity index (χ3v) is 9.78. The number of rotatable bonds is 5. The van der Waals surface area contributed by atoms with Gasteiger partial charge in [0.25, 0.3) is 0 Å². The highest BCUT2D eigenvalue weighted by Crippen LogP contribution is 2.40. The molecule has 4 saturated heterocycles. The Balaban J connectivity index is 1.25. The summed E-state index contributed by atoms with van der Waals surface area (Å²) < 4.78 is 28.5. The van der Waals surface area contributed by atoms with E-state index in [1.807, 2.05) is 36.4 Å². The molecule has 0 atom stereocenters. The molecule has 1 N–H and O–H groups in total. The van der Waals surface area contributed by atoms with Crippen LogP contribution in [0.2, 0.25) is 5.02 Å². The minimum absolute atomic E-state index is 0.0303. The monoisotopic (exact) mass is 574 g/mol. The summed E-state index contributed by atoms with van der Waals surface area (Å²) in [4.78, 5) is 19.0. The number of ether oxygens (including phenoxy) is 2. The smallest absolute Gasteiger partial charge is 0.319 e. The maximum Gasteiger partial charge on any atom is 0.319 e. The molecule has 8 rings (SSSR count). The number of hydrogen-bond acceptors (Lipinski definition) is 8. The molecule has 2 aromatic carbocycles. The third-order valence-electron chi connectivity index (χ3n) is 9.47. The molecule has 8 nitrogen and oxygen atoms in total. The molecule has 4 aliphatic rings. The van der Waals surface area contributed by atoms with Gasteiger partial charge in [-0.25, -0.2) is 4.39 Å². The van der Waals surface area contributed by atoms with E-state index in [2.05, 4.69) is 20.1 Å². The fourth-order valence-corrected chi connectivity index (χ4v) is 7.63. The number of fused-ring (bicyclic) bond motifs is 3. The molecule has 212 valence electrons. The average Bonchev–Trinajstić information content (AvgIpc) is 3.56. The van der Waals surface area contributed by atoms with E-state index in [4.69, 9.17) is 31.0 Å². The molecule has 4 aliphatic heterocycles. The first kappa shape index (κ1) is 25.6. The Morgan fingerprint density at radius 1 is 1.05 bits per heavy atom. The van der Waals surface area contributed by atoms with Gasteiger partial charge in [-0.05, 0) is 50.2 Å². The Morgan fingerprint density at radius 2 is 1.85 bits per heavy atom. The summed E-state index contributed by atoms with van der Waals surface area (Å²) in [6.45, 7) is 6.23. The highest BCUT2D eigenvalue weighted by molar-refractivity contribution is 6.36. The number of nitrogens with zero attached hydrogens (tertiary/aromatic N) is 5. The molecule has 4 fully saturated rings. The maximum absolute atomic E-state index is 16.6. The standard InChI is InChI=1S/C31H32ClFN6O2/c32-23-8-2-6-20-5-1-7-21(24(20)23)26-25(33)27-22(15-34-26)28(38-14-11-35-30(16-38)17-40-18-30)37-29(36-27)41-19-31-9-3-12-39(31)13-4-10-31/h1-2,5-8,15,35H,3-4,9-14,16-19H2. The third kappa shape index (κ3) is 4.16. The molecule has 0 radical (unpaired) electrons. The minimum atomic E-state index is -0.498. The molecule has 0 saturated carbocycles. The summed E-state index contributed by atoms with van der Waals surface area (Å²) in [5.41, 5.74) is 0.975. The predicted octanol–water partition coefficient (Wildman–Crippen LogP) is 4.82. The normalized spacial score (nSPS) is 21.5. The van der Waals surface area contributed by atoms with Crippen LogP contribution in [0.15, 0.2) is 42.6 Å². The van der Waals surface area contributed by atoms with Crippen LogP contribution in [0.25, 0.3) is 32.9 Å². The Labute approximate surface area is 242 Å². The second kappa shape index (κ2) is 9.73. The molecule has 0 bridgehead atoms. The van der Waals surface area contributed by atoms with Gasteiger partial charge in [0.15, 0.2) is 5.82 Å². The first-order valence-corrected chi connectivity index (χ1v) is 14.9. The van der Waals surface area contributed by atoms with Gasteiger partial charge in [-0.15, -0.1) is 0 Å². The lowest BCUT2D eigenvalue weighted by atomic mass is 9.94. The van der Waals surface area contributed by atoms with Crippen LogP contribution in [0.1, 0.15) is 25.7 Å². The highest BCUT2D eigenvalue weighted by atomic mass is 35.5. The van der Waals surface area contributed by atoms with Gasteiger partial charge in [0.2, 0.25) is 0 Å². The first-order valence-electron chi connectivity index (χ1n) is 14.5. The van der Waals surface area contributed by atoms with Crippen LogP contribution in [-0.2, 0) is 4.74 Å². The van der Waals surface area contributed by atoms with Gasteiger partial charge in [0.1, 0.15) is 23.6 Å². The van der Waals surface area contributed by atoms with Crippen LogP contribution in [0.3, 0.4) is 0 Å². The molecule has 0 aliphatic carbocycles. The average molecular weight is 575 g/mol. The van der Waals surface area contributed by atoms with Crippen molar-refractivity contribution in [3.8, 4) is 17.3 Å². The van der Waals surface area contributed by atoms with Crippen molar-refractivity contribution in [3.63, 3.8) is 0 Å². The summed E-state index contributed by atoms with van der Waals surface area (Å²) in [5, 5.41) is 6.42. The fourth-order valence-electron chi connectivity index (χ4n) is 7.35. The van der Waals surface area contributed by atoms with Gasteiger partial charge in [-0.1, -0.05) is 41.9 Å². The number of benzene rings is 2. The summed E-state index contributed by atoms with van der Waals surface area (Å²) in [6, 6.07) is 11.6. The second-order valence-corrected chi connectivity index (χ2v) is 12.4. The fraction of sp³-hybridized carbons (Fsp3) is 0.452. The van der Waals surface area contributed by atoms with Crippen LogP contribution in [0, 0.1) is 5.82 Å². The van der Waals surface area contributed by atoms with Crippen LogP contribution in [0.4, 0.5) is 10.2 Å². The van der Waals surface area contributed by atoms with Gasteiger partial charge in [0, 0.05) is 41.8 Å². The Hall–Kier alpha value is -3.11. The molecular formula is C31H32ClFN6O2. The van der Waals surface area contributed by atoms with Crippen molar-refractivity contribution in [2.45, 2.75) is 36.8 Å². The minimum Gasteiger partial charge on any atom is -0.461 e. The van der Waals surface area contributed by atoms with Crippen molar-refractivity contribution >= 4 is 39.1 Å². The first-order chi connectivity index (χ1) is 20.0. The SMILES string of the molecule is Fc1c(-c2cccc3cccc(Cl)c23)ncc2c(N3CCNC4(COC4)C3)nc(OCC34CCCN3CCC4)nc12. The molecule has 0 unspecified atom stereocenters. The molecule has 0 amide bonds. The van der Waals surface area contributed by atoms with E-state index in [0.29, 0.717) is 48.2 Å². The van der Waals surface area contributed by atoms with Crippen LogP contribution in [0.5, 0.6) is 6.01 Å². The van der Waals surface area contributed by atoms with Crippen molar-refractivity contribution in [1.82, 2.24) is 25.2 Å². The molecule has 41 heavy (non-hydrogen) atoms. The van der Waals surface area contributed by atoms with Gasteiger partial charge in [0.05, 0.1) is 29.7 Å². The maximum atomic E-state index is 16.6. The van der Waals surface area contributed by atoms with Crippen molar-refractivity contribution in [3.05, 3.63) is 53.4 Å². The van der Waals surface area contributed by atoms with Crippen LogP contribution in [-0.4, -0.2) is 83.5 Å². The van der Waals surface area contributed by atoms with Gasteiger partial charge in [-0.3, -0.25) is 9.88 Å². The lowest BCUT2D eigenvalue weighted by Gasteiger charge is -2.49. The quantitative estimate of drug-likeness (QED) is 0.364. The topological polar surface area (TPSA) is 75.6 Å². The summed E-state index contributed by atoms with van der Waals surface area (Å²) in [5.74, 6) is 0.153. The molecule has 2 aromatic heterocycles. The number of halogens is 2. The lowest BCUT2D eigenvalue weighted by Crippen LogP contribution is -2.70. The van der Waals surface area contributed by atoms with Gasteiger partial charge in [-0.2, -0.15) is 9.97 Å². The Kier molecular flexibility index (Phi) is 6.07. The summed E-state index contributed by atoms with van der Waals surface area (Å²) in [6.07, 6.45) is 6.27. The molecule has 1 spiro atoms. The van der Waals surface area contributed by atoms with Crippen molar-refractivity contribution in [1.29, 1.82) is 0 Å². The molecule has 10 heteroatoms. The van der Waals surface area contributed by atoms with Gasteiger partial charge < -0.3 is 19.7 Å². The number of pyridine rings is 1. The van der Waals surface area contributed by atoms with Gasteiger partial charge >= 0.3 is 6.01 Å². The lowest BCUT2D eigenvalue weighted by molar-refractivity contribution is -0.0743. The van der Waals surface area contributed by atoms with E-state index in [1.54, 1.807) is 6.20 Å². The van der Waals surface area contributed by atoms with E-state index in [0.717, 1.165) is 49.8 Å². The summed E-state index contributed by atoms with van der Waals surface area (Å²) in [7, 11) is 0. The zero-order chi connectivity index (χ0) is 27.6. The molecule has 6 heterocycles. The number of hydrogen-bond donors (Lipinski definition) is 1. The van der Waals surface area contributed by atoms with Crippen molar-refractivity contribution < 1.29 is 13.9 Å². The second-order valence-electron chi connectivity index (χ2n) is 12.0. The zero-order valence-corrected chi connectivity index (χ0v) is 23.6. The highest BCUT2D eigenvalue weighted by Gasteiger charge is 2.45. The van der Waals surface area contributed by atoms with E-state index in [-0.39, 0.29) is 28.3 Å². The van der Waals surface area contributed by atoms with Crippen molar-refractivity contribution in [2.75, 3.05) is 57.4 Å². The Morgan fingerprint density at radius 3 is 2.63 bits per heavy atom. The van der Waals surface area contributed by atoms with Crippen LogP contribution >= 0.6 is 11.6 Å². The molecular weight excluding hydrogens is 543 g/mol. The number of aromatic nitrogens is 3. The largest absolute Gasteiger partial charge is 0.461 e. The predicted molar refractivity (Wildman–Crippen MR) is 157 cm³/mol. The number of nitrogens with one attached hydrogen (secondary N) is 1. The van der Waals surface area contributed by atoms with Crippen LogP contribution < -0.4 is 15.0 Å². The van der Waals surface area contributed by atoms with E-state index < -0.39 is 5.82 Å². The zero-order valence-electron chi connectivity index (χ0n) is 22.8. The van der Waals surface area contributed by atoms with E-state index in [1.165, 1.54) is 12.8 Å². The van der Waals surface area contributed by atoms with E-state index in [9.17, 15) is 0 Å².